The maximum absolute atomic E-state index is 12.4. The van der Waals surface area contributed by atoms with Gasteiger partial charge in [0.25, 0.3) is 0 Å². The molecular weight excluding hydrogens is 352 g/mol. The standard InChI is InChI=1S/C24H30O4/c1-4-5-6-7-8-16-27-23(25)20-10-9-11-21(17-20)24(26)28-22-14-12-19(13-15-22)18(2)3/h9-15,17-18H,4-8,16H2,1-3H3. The fraction of sp³-hybridized carbons (Fsp3) is 0.417. The smallest absolute Gasteiger partial charge is 0.343 e. The van der Waals surface area contributed by atoms with Crippen LogP contribution >= 0.6 is 0 Å². The number of rotatable bonds is 10. The predicted molar refractivity (Wildman–Crippen MR) is 111 cm³/mol. The molecule has 0 spiro atoms. The van der Waals surface area contributed by atoms with Gasteiger partial charge in [-0.1, -0.05) is 64.7 Å². The second kappa shape index (κ2) is 11.3. The summed E-state index contributed by atoms with van der Waals surface area (Å²) in [7, 11) is 0. The lowest BCUT2D eigenvalue weighted by atomic mass is 10.0. The lowest BCUT2D eigenvalue weighted by Gasteiger charge is -2.09. The van der Waals surface area contributed by atoms with E-state index in [-0.39, 0.29) is 0 Å². The van der Waals surface area contributed by atoms with Crippen molar-refractivity contribution < 1.29 is 19.1 Å². The molecule has 2 rings (SSSR count). The normalized spacial score (nSPS) is 10.7. The minimum atomic E-state index is -0.494. The van der Waals surface area contributed by atoms with E-state index in [0.29, 0.717) is 29.4 Å². The zero-order valence-electron chi connectivity index (χ0n) is 17.1. The Bertz CT molecular complexity index is 762. The zero-order chi connectivity index (χ0) is 20.4. The summed E-state index contributed by atoms with van der Waals surface area (Å²) in [6.45, 7) is 6.78. The van der Waals surface area contributed by atoms with Crippen LogP contribution in [-0.4, -0.2) is 18.5 Å². The summed E-state index contributed by atoms with van der Waals surface area (Å²) >= 11 is 0. The summed E-state index contributed by atoms with van der Waals surface area (Å²) in [5.41, 5.74) is 1.86. The minimum absolute atomic E-state index is 0.324. The molecule has 0 aliphatic rings. The number of carbonyl (C=O) groups is 2. The fourth-order valence-corrected chi connectivity index (χ4v) is 2.81. The van der Waals surface area contributed by atoms with Gasteiger partial charge in [-0.15, -0.1) is 0 Å². The third-order valence-corrected chi connectivity index (χ3v) is 4.57. The Balaban J connectivity index is 1.90. The van der Waals surface area contributed by atoms with Crippen LogP contribution in [0.3, 0.4) is 0 Å². The van der Waals surface area contributed by atoms with Crippen LogP contribution in [0.1, 0.15) is 85.1 Å². The van der Waals surface area contributed by atoms with Gasteiger partial charge in [-0.3, -0.25) is 0 Å². The van der Waals surface area contributed by atoms with Crippen LogP contribution in [0, 0.1) is 0 Å². The Morgan fingerprint density at radius 2 is 1.50 bits per heavy atom. The summed E-state index contributed by atoms with van der Waals surface area (Å²) in [6.07, 6.45) is 5.47. The molecule has 0 amide bonds. The highest BCUT2D eigenvalue weighted by molar-refractivity contribution is 5.96. The van der Waals surface area contributed by atoms with Crippen LogP contribution in [-0.2, 0) is 4.74 Å². The van der Waals surface area contributed by atoms with Crippen molar-refractivity contribution in [2.75, 3.05) is 6.61 Å². The van der Waals surface area contributed by atoms with Crippen LogP contribution in [0.2, 0.25) is 0 Å². The molecule has 28 heavy (non-hydrogen) atoms. The molecule has 4 nitrogen and oxygen atoms in total. The second-order valence-corrected chi connectivity index (χ2v) is 7.24. The molecule has 0 aliphatic heterocycles. The molecule has 0 heterocycles. The van der Waals surface area contributed by atoms with E-state index in [0.717, 1.165) is 19.3 Å². The maximum Gasteiger partial charge on any atom is 0.343 e. The Morgan fingerprint density at radius 1 is 0.857 bits per heavy atom. The van der Waals surface area contributed by atoms with Crippen molar-refractivity contribution in [2.45, 2.75) is 58.8 Å². The van der Waals surface area contributed by atoms with Crippen molar-refractivity contribution in [1.29, 1.82) is 0 Å². The van der Waals surface area contributed by atoms with E-state index < -0.39 is 11.9 Å². The van der Waals surface area contributed by atoms with Crippen LogP contribution in [0.15, 0.2) is 48.5 Å². The highest BCUT2D eigenvalue weighted by Gasteiger charge is 2.13. The molecule has 0 unspecified atom stereocenters. The average Bonchev–Trinajstić information content (AvgIpc) is 2.71. The molecule has 0 N–H and O–H groups in total. The van der Waals surface area contributed by atoms with E-state index in [4.69, 9.17) is 9.47 Å². The lowest BCUT2D eigenvalue weighted by Crippen LogP contribution is -2.11. The van der Waals surface area contributed by atoms with Crippen LogP contribution in [0.4, 0.5) is 0 Å². The van der Waals surface area contributed by atoms with Crippen molar-refractivity contribution in [1.82, 2.24) is 0 Å². The molecule has 2 aromatic rings. The minimum Gasteiger partial charge on any atom is -0.462 e. The maximum atomic E-state index is 12.4. The Kier molecular flexibility index (Phi) is 8.73. The van der Waals surface area contributed by atoms with Gasteiger partial charge in [-0.2, -0.15) is 0 Å². The largest absolute Gasteiger partial charge is 0.462 e. The molecule has 0 saturated heterocycles. The van der Waals surface area contributed by atoms with Gasteiger partial charge in [0.2, 0.25) is 0 Å². The first-order chi connectivity index (χ1) is 13.5. The highest BCUT2D eigenvalue weighted by atomic mass is 16.5. The van der Waals surface area contributed by atoms with Crippen LogP contribution < -0.4 is 4.74 Å². The summed E-state index contributed by atoms with van der Waals surface area (Å²) < 4.78 is 10.7. The molecule has 0 radical (unpaired) electrons. The van der Waals surface area contributed by atoms with E-state index in [1.54, 1.807) is 30.3 Å². The van der Waals surface area contributed by atoms with E-state index in [9.17, 15) is 9.59 Å². The number of carbonyl (C=O) groups excluding carboxylic acids is 2. The topological polar surface area (TPSA) is 52.6 Å². The quantitative estimate of drug-likeness (QED) is 0.281. The zero-order valence-corrected chi connectivity index (χ0v) is 17.1. The van der Waals surface area contributed by atoms with Gasteiger partial charge in [0.05, 0.1) is 17.7 Å². The third kappa shape index (κ3) is 6.84. The second-order valence-electron chi connectivity index (χ2n) is 7.24. The molecule has 0 aromatic heterocycles. The van der Waals surface area contributed by atoms with Crippen LogP contribution in [0.5, 0.6) is 5.75 Å². The molecular formula is C24H30O4. The van der Waals surface area contributed by atoms with Crippen LogP contribution in [0.25, 0.3) is 0 Å². The molecule has 0 aliphatic carbocycles. The Morgan fingerprint density at radius 3 is 2.14 bits per heavy atom. The molecule has 0 bridgehead atoms. The highest BCUT2D eigenvalue weighted by Crippen LogP contribution is 2.20. The Hall–Kier alpha value is -2.62. The number of hydrogen-bond acceptors (Lipinski definition) is 4. The summed E-state index contributed by atoms with van der Waals surface area (Å²) in [6, 6.07) is 13.9. The average molecular weight is 383 g/mol. The van der Waals surface area contributed by atoms with Gasteiger partial charge in [-0.25, -0.2) is 9.59 Å². The van der Waals surface area contributed by atoms with E-state index in [2.05, 4.69) is 20.8 Å². The monoisotopic (exact) mass is 382 g/mol. The summed E-state index contributed by atoms with van der Waals surface area (Å²) in [5.74, 6) is -0.00788. The Labute approximate surface area is 167 Å². The van der Waals surface area contributed by atoms with Gasteiger partial charge in [0, 0.05) is 0 Å². The molecule has 0 atom stereocenters. The van der Waals surface area contributed by atoms with Crippen molar-refractivity contribution in [2.24, 2.45) is 0 Å². The summed E-state index contributed by atoms with van der Waals surface area (Å²) in [4.78, 5) is 24.6. The van der Waals surface area contributed by atoms with Gasteiger partial charge < -0.3 is 9.47 Å². The van der Waals surface area contributed by atoms with Crippen molar-refractivity contribution in [3.05, 3.63) is 65.2 Å². The summed E-state index contributed by atoms with van der Waals surface area (Å²) in [5, 5.41) is 0. The van der Waals surface area contributed by atoms with E-state index in [1.165, 1.54) is 24.5 Å². The SMILES string of the molecule is CCCCCCCOC(=O)c1cccc(C(=O)Oc2ccc(C(C)C)cc2)c1. The number of esters is 2. The number of unbranched alkanes of at least 4 members (excludes halogenated alkanes) is 4. The number of ether oxygens (including phenoxy) is 2. The molecule has 2 aromatic carbocycles. The molecule has 0 fully saturated rings. The molecule has 150 valence electrons. The van der Waals surface area contributed by atoms with Gasteiger partial charge in [0.15, 0.2) is 0 Å². The van der Waals surface area contributed by atoms with Crippen molar-refractivity contribution >= 4 is 11.9 Å². The van der Waals surface area contributed by atoms with Gasteiger partial charge in [-0.05, 0) is 48.2 Å². The first-order valence-corrected chi connectivity index (χ1v) is 10.1. The van der Waals surface area contributed by atoms with E-state index >= 15 is 0 Å². The predicted octanol–water partition coefficient (Wildman–Crippen LogP) is 6.16. The lowest BCUT2D eigenvalue weighted by molar-refractivity contribution is 0.0497. The molecule has 0 saturated carbocycles. The van der Waals surface area contributed by atoms with Crippen molar-refractivity contribution in [3.8, 4) is 5.75 Å². The molecule has 4 heteroatoms. The van der Waals surface area contributed by atoms with Crippen molar-refractivity contribution in [3.63, 3.8) is 0 Å². The van der Waals surface area contributed by atoms with Gasteiger partial charge in [0.1, 0.15) is 5.75 Å². The van der Waals surface area contributed by atoms with Gasteiger partial charge >= 0.3 is 11.9 Å². The van der Waals surface area contributed by atoms with E-state index in [1.807, 2.05) is 12.1 Å². The number of benzene rings is 2. The third-order valence-electron chi connectivity index (χ3n) is 4.57. The number of hydrogen-bond donors (Lipinski definition) is 0. The first kappa shape index (κ1) is 21.7. The fourth-order valence-electron chi connectivity index (χ4n) is 2.81. The first-order valence-electron chi connectivity index (χ1n) is 10.1.